The van der Waals surface area contributed by atoms with Gasteiger partial charge in [0.25, 0.3) is 0 Å². The number of aliphatic hydroxyl groups is 2. The van der Waals surface area contributed by atoms with Gasteiger partial charge in [-0.15, -0.1) is 0 Å². The third kappa shape index (κ3) is 7.90. The van der Waals surface area contributed by atoms with Crippen molar-refractivity contribution in [2.24, 2.45) is 17.8 Å². The summed E-state index contributed by atoms with van der Waals surface area (Å²) in [4.78, 5) is 24.4. The van der Waals surface area contributed by atoms with Crippen molar-refractivity contribution in [3.05, 3.63) is 60.3 Å². The number of carbonyl (C=O) groups excluding carboxylic acids is 2. The van der Waals surface area contributed by atoms with Crippen LogP contribution in [-0.4, -0.2) is 52.4 Å². The molecule has 0 aromatic carbocycles. The van der Waals surface area contributed by atoms with Crippen molar-refractivity contribution in [3.8, 4) is 0 Å². The SMILES string of the molecule is CC[C@@H](C)/C=C(\C)C[C@@H](C)C[C@@H](C)/C=C/C=C/C=C/C(=O)N[C@@H](CO)[C@@]1(O)C(=O)C=C[C@@H]2O[C@@H]21. The van der Waals surface area contributed by atoms with E-state index >= 15 is 0 Å². The summed E-state index contributed by atoms with van der Waals surface area (Å²) in [6, 6.07) is -1.15. The number of ketones is 1. The number of allylic oxidation sites excluding steroid dienone is 7. The van der Waals surface area contributed by atoms with Crippen LogP contribution in [0.3, 0.4) is 0 Å². The second-order valence-corrected chi connectivity index (χ2v) is 9.86. The minimum absolute atomic E-state index is 0.352. The van der Waals surface area contributed by atoms with E-state index in [0.29, 0.717) is 17.8 Å². The van der Waals surface area contributed by atoms with Gasteiger partial charge >= 0.3 is 0 Å². The van der Waals surface area contributed by atoms with Crippen LogP contribution in [0.5, 0.6) is 0 Å². The first kappa shape index (κ1) is 28.0. The Balaban J connectivity index is 1.77. The molecule has 1 fully saturated rings. The van der Waals surface area contributed by atoms with E-state index in [4.69, 9.17) is 4.74 Å². The number of rotatable bonds is 13. The average molecular weight is 472 g/mol. The van der Waals surface area contributed by atoms with Gasteiger partial charge in [-0.25, -0.2) is 0 Å². The molecule has 2 rings (SSSR count). The zero-order valence-electron chi connectivity index (χ0n) is 21.1. The minimum atomic E-state index is -1.95. The summed E-state index contributed by atoms with van der Waals surface area (Å²) in [7, 11) is 0. The Morgan fingerprint density at radius 2 is 1.91 bits per heavy atom. The maximum absolute atomic E-state index is 12.2. The zero-order chi connectivity index (χ0) is 25.3. The molecule has 1 heterocycles. The molecule has 34 heavy (non-hydrogen) atoms. The van der Waals surface area contributed by atoms with E-state index < -0.39 is 36.0 Å². The number of hydrogen-bond donors (Lipinski definition) is 3. The molecule has 0 aromatic rings. The molecule has 0 unspecified atom stereocenters. The van der Waals surface area contributed by atoms with Crippen LogP contribution in [0.2, 0.25) is 0 Å². The third-order valence-corrected chi connectivity index (χ3v) is 6.50. The van der Waals surface area contributed by atoms with Crippen molar-refractivity contribution >= 4 is 11.7 Å². The normalized spacial score (nSPS) is 28.3. The van der Waals surface area contributed by atoms with Crippen LogP contribution < -0.4 is 5.32 Å². The molecular formula is C28H41NO5. The molecule has 0 radical (unpaired) electrons. The fourth-order valence-electron chi connectivity index (χ4n) is 4.51. The molecular weight excluding hydrogens is 430 g/mol. The fourth-order valence-corrected chi connectivity index (χ4v) is 4.51. The van der Waals surface area contributed by atoms with Crippen LogP contribution in [-0.2, 0) is 14.3 Å². The maximum Gasteiger partial charge on any atom is 0.244 e. The van der Waals surface area contributed by atoms with Gasteiger partial charge in [-0.05, 0) is 49.7 Å². The lowest BCUT2D eigenvalue weighted by Crippen LogP contribution is -2.63. The van der Waals surface area contributed by atoms with Crippen LogP contribution >= 0.6 is 0 Å². The molecule has 1 saturated heterocycles. The Morgan fingerprint density at radius 3 is 2.59 bits per heavy atom. The van der Waals surface area contributed by atoms with Crippen LogP contribution in [0.1, 0.15) is 53.9 Å². The topological polar surface area (TPSA) is 99.2 Å². The Morgan fingerprint density at radius 1 is 1.21 bits per heavy atom. The van der Waals surface area contributed by atoms with E-state index in [2.05, 4.69) is 52.1 Å². The molecule has 0 aromatic heterocycles. The lowest BCUT2D eigenvalue weighted by atomic mass is 9.81. The molecule has 6 nitrogen and oxygen atoms in total. The number of fused-ring (bicyclic) bond motifs is 1. The first-order chi connectivity index (χ1) is 16.1. The molecule has 1 amide bonds. The fraction of sp³-hybridized carbons (Fsp3) is 0.571. The Hall–Kier alpha value is -2.28. The lowest BCUT2D eigenvalue weighted by Gasteiger charge is -2.33. The minimum Gasteiger partial charge on any atom is -0.394 e. The standard InChI is InChI=1S/C28H41NO5/c1-6-19(2)15-21(4)17-22(5)16-20(3)11-9-7-8-10-12-26(32)29-24(18-30)28(33)25(31)14-13-23-27(28)34-23/h7-15,19-20,22-24,27,30,33H,6,16-18H2,1-5H3,(H,29,32)/b8-7+,11-9+,12-10+,21-15+/t19-,20+,22+,23+,24+,27+,28-/m1/s1. The summed E-state index contributed by atoms with van der Waals surface area (Å²) >= 11 is 0. The summed E-state index contributed by atoms with van der Waals surface area (Å²) in [5, 5.41) is 22.9. The van der Waals surface area contributed by atoms with Gasteiger partial charge in [0.1, 0.15) is 12.2 Å². The molecule has 0 bridgehead atoms. The van der Waals surface area contributed by atoms with Crippen molar-refractivity contribution in [2.45, 2.75) is 77.7 Å². The first-order valence-electron chi connectivity index (χ1n) is 12.3. The van der Waals surface area contributed by atoms with Crippen molar-refractivity contribution < 1.29 is 24.5 Å². The summed E-state index contributed by atoms with van der Waals surface area (Å²) in [5.74, 6) is 0.610. The van der Waals surface area contributed by atoms with E-state index in [1.165, 1.54) is 24.1 Å². The van der Waals surface area contributed by atoms with Gasteiger partial charge in [0, 0.05) is 6.08 Å². The number of hydrogen-bond acceptors (Lipinski definition) is 5. The molecule has 7 atom stereocenters. The van der Waals surface area contributed by atoms with Gasteiger partial charge in [-0.2, -0.15) is 0 Å². The van der Waals surface area contributed by atoms with Crippen LogP contribution in [0.15, 0.2) is 60.3 Å². The van der Waals surface area contributed by atoms with E-state index in [9.17, 15) is 19.8 Å². The largest absolute Gasteiger partial charge is 0.394 e. The van der Waals surface area contributed by atoms with Crippen molar-refractivity contribution in [3.63, 3.8) is 0 Å². The first-order valence-corrected chi connectivity index (χ1v) is 12.3. The van der Waals surface area contributed by atoms with Gasteiger partial charge in [-0.3, -0.25) is 9.59 Å². The van der Waals surface area contributed by atoms with Crippen molar-refractivity contribution in [1.29, 1.82) is 0 Å². The second kappa shape index (κ2) is 13.0. The third-order valence-electron chi connectivity index (χ3n) is 6.50. The summed E-state index contributed by atoms with van der Waals surface area (Å²) < 4.78 is 5.28. The monoisotopic (exact) mass is 471 g/mol. The molecule has 6 heteroatoms. The van der Waals surface area contributed by atoms with Crippen LogP contribution in [0.25, 0.3) is 0 Å². The van der Waals surface area contributed by atoms with Gasteiger partial charge in [0.2, 0.25) is 5.91 Å². The van der Waals surface area contributed by atoms with Gasteiger partial charge in [0.15, 0.2) is 11.4 Å². The molecule has 1 aliphatic heterocycles. The molecule has 3 N–H and O–H groups in total. The number of ether oxygens (including phenoxy) is 1. The molecule has 2 aliphatic rings. The number of epoxide rings is 1. The highest BCUT2D eigenvalue weighted by atomic mass is 16.6. The summed E-state index contributed by atoms with van der Waals surface area (Å²) in [6.07, 6.45) is 18.1. The quantitative estimate of drug-likeness (QED) is 0.164. The molecule has 0 saturated carbocycles. The smallest absolute Gasteiger partial charge is 0.244 e. The average Bonchev–Trinajstić information content (AvgIpc) is 3.57. The highest BCUT2D eigenvalue weighted by Crippen LogP contribution is 2.39. The zero-order valence-corrected chi connectivity index (χ0v) is 21.1. The van der Waals surface area contributed by atoms with Gasteiger partial charge in [-0.1, -0.05) is 76.1 Å². The predicted molar refractivity (Wildman–Crippen MR) is 135 cm³/mol. The van der Waals surface area contributed by atoms with E-state index in [0.717, 1.165) is 12.8 Å². The van der Waals surface area contributed by atoms with E-state index in [-0.39, 0.29) is 6.10 Å². The number of carbonyl (C=O) groups is 2. The maximum atomic E-state index is 12.2. The highest BCUT2D eigenvalue weighted by molar-refractivity contribution is 6.00. The van der Waals surface area contributed by atoms with Crippen LogP contribution in [0.4, 0.5) is 0 Å². The number of nitrogens with one attached hydrogen (secondary N) is 1. The predicted octanol–water partition coefficient (Wildman–Crippen LogP) is 3.81. The summed E-state index contributed by atoms with van der Waals surface area (Å²) in [5.41, 5.74) is -0.489. The number of amides is 1. The van der Waals surface area contributed by atoms with Crippen molar-refractivity contribution in [2.75, 3.05) is 6.61 Å². The van der Waals surface area contributed by atoms with E-state index in [1.807, 2.05) is 12.2 Å². The Labute approximate surface area is 204 Å². The highest BCUT2D eigenvalue weighted by Gasteiger charge is 2.62. The Bertz CT molecular complexity index is 855. The molecule has 188 valence electrons. The van der Waals surface area contributed by atoms with Gasteiger partial charge < -0.3 is 20.3 Å². The van der Waals surface area contributed by atoms with Gasteiger partial charge in [0.05, 0.1) is 12.6 Å². The molecule has 0 spiro atoms. The van der Waals surface area contributed by atoms with E-state index in [1.54, 1.807) is 18.2 Å². The summed E-state index contributed by atoms with van der Waals surface area (Å²) in [6.45, 7) is 10.6. The Kier molecular flexibility index (Phi) is 10.7. The lowest BCUT2D eigenvalue weighted by molar-refractivity contribution is -0.141. The second-order valence-electron chi connectivity index (χ2n) is 9.86. The molecule has 1 aliphatic carbocycles. The van der Waals surface area contributed by atoms with Crippen LogP contribution in [0, 0.1) is 17.8 Å². The number of aliphatic hydroxyl groups excluding tert-OH is 1. The van der Waals surface area contributed by atoms with Crippen molar-refractivity contribution in [1.82, 2.24) is 5.32 Å².